The number of hydrogen-bond donors (Lipinski definition) is 0. The maximum Gasteiger partial charge on any atom is 0.137 e. The molecule has 306 valence electrons. The summed E-state index contributed by atoms with van der Waals surface area (Å²) in [6.45, 7) is 0. The molecule has 2 atom stereocenters. The predicted octanol–water partition coefficient (Wildman–Crippen LogP) is 17.1. The molecule has 2 unspecified atom stereocenters. The van der Waals surface area contributed by atoms with E-state index >= 15 is 0 Å². The summed E-state index contributed by atoms with van der Waals surface area (Å²) in [6, 6.07) is 79.6. The van der Waals surface area contributed by atoms with Gasteiger partial charge in [0.05, 0.1) is 11.7 Å². The molecule has 11 aromatic rings. The lowest BCUT2D eigenvalue weighted by Crippen LogP contribution is -2.28. The van der Waals surface area contributed by atoms with Crippen LogP contribution >= 0.6 is 0 Å². The van der Waals surface area contributed by atoms with E-state index in [4.69, 9.17) is 4.42 Å². The van der Waals surface area contributed by atoms with Crippen molar-refractivity contribution in [3.8, 4) is 33.4 Å². The van der Waals surface area contributed by atoms with Gasteiger partial charge in [-0.25, -0.2) is 0 Å². The van der Waals surface area contributed by atoms with Crippen LogP contribution in [0.4, 0.5) is 28.4 Å². The number of allylic oxidation sites excluding steroid dienone is 2. The lowest BCUT2D eigenvalue weighted by molar-refractivity contribution is 0.669. The molecule has 1 aliphatic heterocycles. The number of fused-ring (bicyclic) bond motifs is 9. The number of benzene rings is 10. The van der Waals surface area contributed by atoms with Crippen LogP contribution in [-0.4, -0.2) is 6.04 Å². The summed E-state index contributed by atoms with van der Waals surface area (Å²) in [6.07, 6.45) is 9.15. The molecule has 0 radical (unpaired) electrons. The Morgan fingerprint density at radius 1 is 0.369 bits per heavy atom. The smallest absolute Gasteiger partial charge is 0.137 e. The van der Waals surface area contributed by atoms with Crippen LogP contribution in [0.1, 0.15) is 11.5 Å². The summed E-state index contributed by atoms with van der Waals surface area (Å²) in [4.78, 5) is 4.92. The van der Waals surface area contributed by atoms with Gasteiger partial charge in [0.25, 0.3) is 0 Å². The Morgan fingerprint density at radius 2 is 0.954 bits per heavy atom. The van der Waals surface area contributed by atoms with E-state index in [9.17, 15) is 0 Å². The van der Waals surface area contributed by atoms with Gasteiger partial charge in [0.1, 0.15) is 11.2 Å². The lowest BCUT2D eigenvalue weighted by Gasteiger charge is -2.30. The first-order valence-corrected chi connectivity index (χ1v) is 22.5. The topological polar surface area (TPSA) is 19.6 Å². The number of furan rings is 1. The second-order valence-corrected chi connectivity index (χ2v) is 17.3. The Bertz CT molecular complexity index is 3670. The van der Waals surface area contributed by atoms with Gasteiger partial charge in [-0.15, -0.1) is 0 Å². The normalized spacial score (nSPS) is 15.2. The molecule has 0 saturated carbocycles. The van der Waals surface area contributed by atoms with E-state index in [0.717, 1.165) is 44.6 Å². The third-order valence-electron chi connectivity index (χ3n) is 13.5. The van der Waals surface area contributed by atoms with Crippen LogP contribution in [0.3, 0.4) is 0 Å². The molecule has 10 aromatic carbocycles. The monoisotopic (exact) mass is 830 g/mol. The highest BCUT2D eigenvalue weighted by atomic mass is 16.3. The zero-order valence-electron chi connectivity index (χ0n) is 35.6. The molecule has 3 heteroatoms. The highest BCUT2D eigenvalue weighted by Crippen LogP contribution is 2.52. The van der Waals surface area contributed by atoms with Crippen LogP contribution < -0.4 is 9.80 Å². The van der Waals surface area contributed by atoms with Crippen LogP contribution in [-0.2, 0) is 0 Å². The van der Waals surface area contributed by atoms with Gasteiger partial charge in [0.15, 0.2) is 0 Å². The molecular weight excluding hydrogens is 789 g/mol. The van der Waals surface area contributed by atoms with Crippen molar-refractivity contribution in [1.29, 1.82) is 0 Å². The van der Waals surface area contributed by atoms with Crippen LogP contribution in [0.15, 0.2) is 247 Å². The van der Waals surface area contributed by atoms with Crippen molar-refractivity contribution in [2.75, 3.05) is 9.80 Å². The summed E-state index contributed by atoms with van der Waals surface area (Å²) >= 11 is 0. The minimum Gasteiger partial charge on any atom is -0.456 e. The fourth-order valence-corrected chi connectivity index (χ4v) is 10.4. The number of para-hydroxylation sites is 1. The zero-order chi connectivity index (χ0) is 42.8. The summed E-state index contributed by atoms with van der Waals surface area (Å²) in [5.74, 6) is 0.272. The Hall–Kier alpha value is -8.40. The number of rotatable bonds is 7. The summed E-state index contributed by atoms with van der Waals surface area (Å²) < 4.78 is 6.45. The van der Waals surface area contributed by atoms with Crippen molar-refractivity contribution in [2.24, 2.45) is 0 Å². The number of nitrogens with zero attached hydrogens (tertiary/aromatic N) is 2. The summed E-state index contributed by atoms with van der Waals surface area (Å²) in [7, 11) is 0. The molecule has 13 rings (SSSR count). The van der Waals surface area contributed by atoms with Crippen molar-refractivity contribution in [1.82, 2.24) is 0 Å². The first kappa shape index (κ1) is 37.2. The molecular formula is C62H42N2O. The first-order valence-electron chi connectivity index (χ1n) is 22.5. The molecule has 0 N–H and O–H groups in total. The Balaban J connectivity index is 0.930. The van der Waals surface area contributed by atoms with E-state index < -0.39 is 0 Å². The van der Waals surface area contributed by atoms with E-state index in [-0.39, 0.29) is 12.0 Å². The van der Waals surface area contributed by atoms with Crippen molar-refractivity contribution in [2.45, 2.75) is 12.0 Å². The third-order valence-corrected chi connectivity index (χ3v) is 13.5. The second kappa shape index (κ2) is 15.1. The van der Waals surface area contributed by atoms with Gasteiger partial charge in [0, 0.05) is 50.9 Å². The summed E-state index contributed by atoms with van der Waals surface area (Å²) in [5.41, 5.74) is 15.8. The Kier molecular flexibility index (Phi) is 8.67. The quantitative estimate of drug-likeness (QED) is 0.160. The number of hydrogen-bond acceptors (Lipinski definition) is 3. The maximum atomic E-state index is 6.45. The van der Waals surface area contributed by atoms with E-state index in [1.807, 2.05) is 12.1 Å². The average molecular weight is 831 g/mol. The molecule has 1 aromatic heterocycles. The molecule has 0 amide bonds. The van der Waals surface area contributed by atoms with Crippen molar-refractivity contribution in [3.63, 3.8) is 0 Å². The van der Waals surface area contributed by atoms with Gasteiger partial charge in [0.2, 0.25) is 0 Å². The average Bonchev–Trinajstić information content (AvgIpc) is 3.93. The molecule has 0 spiro atoms. The van der Waals surface area contributed by atoms with Gasteiger partial charge in [-0.1, -0.05) is 170 Å². The van der Waals surface area contributed by atoms with Crippen LogP contribution in [0.2, 0.25) is 0 Å². The van der Waals surface area contributed by atoms with E-state index in [0.29, 0.717) is 0 Å². The van der Waals surface area contributed by atoms with Gasteiger partial charge in [-0.3, -0.25) is 0 Å². The van der Waals surface area contributed by atoms with Crippen LogP contribution in [0.5, 0.6) is 0 Å². The van der Waals surface area contributed by atoms with Gasteiger partial charge >= 0.3 is 0 Å². The maximum absolute atomic E-state index is 6.45. The molecule has 1 aliphatic carbocycles. The molecule has 2 heterocycles. The minimum atomic E-state index is 0.173. The Morgan fingerprint density at radius 3 is 1.74 bits per heavy atom. The molecule has 0 bridgehead atoms. The van der Waals surface area contributed by atoms with E-state index in [2.05, 4.69) is 240 Å². The molecule has 3 nitrogen and oxygen atoms in total. The third kappa shape index (κ3) is 6.35. The lowest BCUT2D eigenvalue weighted by atomic mass is 9.90. The van der Waals surface area contributed by atoms with Gasteiger partial charge in [-0.05, 0) is 122 Å². The highest BCUT2D eigenvalue weighted by molar-refractivity contribution is 6.06. The van der Waals surface area contributed by atoms with Gasteiger partial charge < -0.3 is 14.2 Å². The van der Waals surface area contributed by atoms with Crippen LogP contribution in [0.25, 0.3) is 76.9 Å². The molecule has 0 fully saturated rings. The largest absolute Gasteiger partial charge is 0.456 e. The standard InChI is InChI=1S/C62H42N2O/c1-2-12-41(13-3-1)48-37-49(39-53(38-48)64-59-20-10-8-18-55(59)58-34-28-45-15-6-7-17-54(45)62(58)64)44-26-31-51(32-27-44)63(52-33-35-57-56-19-9-11-21-60(56)65-61(57)40-52)50-29-24-43(25-30-50)47-23-22-42-14-4-5-16-46(42)36-47/h1-40,55,59H. The van der Waals surface area contributed by atoms with Crippen LogP contribution in [0, 0.1) is 0 Å². The summed E-state index contributed by atoms with van der Waals surface area (Å²) in [5, 5.41) is 7.25. The zero-order valence-corrected chi connectivity index (χ0v) is 35.6. The SMILES string of the molecule is C1=CC2c3ccc4ccccc4c3N(c3cc(-c4ccccc4)cc(-c4ccc(N(c5ccc(-c6ccc7ccccc7c6)cc5)c5ccc6c(c5)oc5ccccc56)cc4)c3)C2C=C1. The van der Waals surface area contributed by atoms with E-state index in [1.165, 1.54) is 66.3 Å². The van der Waals surface area contributed by atoms with Crippen molar-refractivity contribution >= 4 is 71.9 Å². The molecule has 0 saturated heterocycles. The fourth-order valence-electron chi connectivity index (χ4n) is 10.4. The first-order chi connectivity index (χ1) is 32.2. The van der Waals surface area contributed by atoms with Crippen molar-refractivity contribution in [3.05, 3.63) is 248 Å². The minimum absolute atomic E-state index is 0.173. The van der Waals surface area contributed by atoms with Gasteiger partial charge in [-0.2, -0.15) is 0 Å². The highest BCUT2D eigenvalue weighted by Gasteiger charge is 2.38. The second-order valence-electron chi connectivity index (χ2n) is 17.3. The Labute approximate surface area is 378 Å². The molecule has 2 aliphatic rings. The fraction of sp³-hybridized carbons (Fsp3) is 0.0323. The number of anilines is 5. The predicted molar refractivity (Wildman–Crippen MR) is 273 cm³/mol. The molecule has 65 heavy (non-hydrogen) atoms. The van der Waals surface area contributed by atoms with E-state index in [1.54, 1.807) is 0 Å². The van der Waals surface area contributed by atoms with Crippen molar-refractivity contribution < 1.29 is 4.42 Å².